The number of benzene rings is 2. The van der Waals surface area contributed by atoms with Crippen molar-refractivity contribution in [3.63, 3.8) is 0 Å². The number of phenolic OH excluding ortho intramolecular Hbond substituents is 1. The van der Waals surface area contributed by atoms with Crippen molar-refractivity contribution in [1.29, 1.82) is 0 Å². The predicted octanol–water partition coefficient (Wildman–Crippen LogP) is 9.42. The quantitative estimate of drug-likeness (QED) is 0.196. The van der Waals surface area contributed by atoms with Gasteiger partial charge < -0.3 is 24.1 Å². The molecule has 0 spiro atoms. The van der Waals surface area contributed by atoms with Gasteiger partial charge in [-0.2, -0.15) is 0 Å². The van der Waals surface area contributed by atoms with Crippen molar-refractivity contribution in [1.82, 2.24) is 0 Å². The van der Waals surface area contributed by atoms with Crippen molar-refractivity contribution < 1.29 is 24.1 Å². The molecular weight excluding hydrogens is 547 g/mol. The molecule has 2 aromatic rings. The third kappa shape index (κ3) is 13.7. The van der Waals surface area contributed by atoms with Gasteiger partial charge in [-0.05, 0) is 98.2 Å². The number of aromatic hydroxyl groups is 1. The van der Waals surface area contributed by atoms with E-state index in [1.807, 2.05) is 38.0 Å². The monoisotopic (exact) mass is 592 g/mol. The second-order valence-corrected chi connectivity index (χ2v) is 10.2. The molecule has 1 unspecified atom stereocenters. The van der Waals surface area contributed by atoms with Crippen molar-refractivity contribution in [3.8, 4) is 5.75 Å². The molecule has 0 aromatic heterocycles. The van der Waals surface area contributed by atoms with E-state index in [1.165, 1.54) is 22.3 Å². The van der Waals surface area contributed by atoms with Crippen LogP contribution in [0.2, 0.25) is 10.0 Å². The Kier molecular flexibility index (Phi) is 19.9. The molecule has 2 aromatic carbocycles. The third-order valence-electron chi connectivity index (χ3n) is 6.19. The largest absolute Gasteiger partial charge is 0.508 e. The van der Waals surface area contributed by atoms with Crippen molar-refractivity contribution in [2.45, 2.75) is 66.4 Å². The Balaban J connectivity index is 0.000000772. The Morgan fingerprint density at radius 1 is 1.05 bits per heavy atom. The summed E-state index contributed by atoms with van der Waals surface area (Å²) >= 11 is 11.8. The number of allylic oxidation sites excluding steroid dienone is 5. The van der Waals surface area contributed by atoms with E-state index >= 15 is 0 Å². The van der Waals surface area contributed by atoms with Crippen LogP contribution >= 0.6 is 23.2 Å². The Morgan fingerprint density at radius 2 is 1.68 bits per heavy atom. The third-order valence-corrected chi connectivity index (χ3v) is 6.62. The summed E-state index contributed by atoms with van der Waals surface area (Å²) in [6.45, 7) is 15.8. The predicted molar refractivity (Wildman–Crippen MR) is 169 cm³/mol. The molecule has 0 radical (unpaired) electrons. The van der Waals surface area contributed by atoms with Crippen LogP contribution < -0.4 is 0 Å². The maximum atomic E-state index is 10.00. The van der Waals surface area contributed by atoms with Gasteiger partial charge in [0.05, 0.1) is 19.0 Å². The topological polar surface area (TPSA) is 65.0 Å². The molecule has 0 saturated heterocycles. The van der Waals surface area contributed by atoms with Crippen molar-refractivity contribution >= 4 is 30.0 Å². The summed E-state index contributed by atoms with van der Waals surface area (Å²) in [4.78, 5) is 8.00. The van der Waals surface area contributed by atoms with E-state index in [0.717, 1.165) is 24.0 Å². The number of hydrogen-bond acceptors (Lipinski definition) is 5. The Hall–Kier alpha value is -2.57. The molecule has 2 rings (SSSR count). The fourth-order valence-corrected chi connectivity index (χ4v) is 4.44. The lowest BCUT2D eigenvalue weighted by molar-refractivity contribution is -0.0980. The van der Waals surface area contributed by atoms with Gasteiger partial charge in [-0.25, -0.2) is 0 Å². The first-order valence-electron chi connectivity index (χ1n) is 13.3. The van der Waals surface area contributed by atoms with Gasteiger partial charge in [0.2, 0.25) is 0 Å². The van der Waals surface area contributed by atoms with Gasteiger partial charge in [-0.1, -0.05) is 60.8 Å². The van der Waals surface area contributed by atoms with E-state index in [4.69, 9.17) is 42.2 Å². The summed E-state index contributed by atoms with van der Waals surface area (Å²) in [5, 5.41) is 11.2. The molecule has 0 fully saturated rings. The van der Waals surface area contributed by atoms with E-state index < -0.39 is 0 Å². The average molecular weight is 594 g/mol. The van der Waals surface area contributed by atoms with Crippen LogP contribution in [0.15, 0.2) is 71.5 Å². The lowest BCUT2D eigenvalue weighted by Gasteiger charge is -2.15. The molecular formula is C33H46Cl2O5. The first-order chi connectivity index (χ1) is 19.1. The minimum Gasteiger partial charge on any atom is -0.508 e. The van der Waals surface area contributed by atoms with Crippen LogP contribution in [0.25, 0.3) is 0 Å². The van der Waals surface area contributed by atoms with Gasteiger partial charge in [0.15, 0.2) is 0 Å². The average Bonchev–Trinajstić information content (AvgIpc) is 2.93. The highest BCUT2D eigenvalue weighted by molar-refractivity contribution is 6.34. The maximum absolute atomic E-state index is 10.00. The molecule has 0 amide bonds. The number of ether oxygens (including phenoxy) is 3. The molecule has 5 nitrogen and oxygen atoms in total. The number of methoxy groups -OCH3 is 2. The summed E-state index contributed by atoms with van der Waals surface area (Å²) in [7, 11) is 3.33. The number of hydrogen-bond donors (Lipinski definition) is 1. The Labute approximate surface area is 251 Å². The normalized spacial score (nSPS) is 12.7. The molecule has 1 N–H and O–H groups in total. The summed E-state index contributed by atoms with van der Waals surface area (Å²) in [5.74, 6) is 0.689. The number of carbonyl (C=O) groups is 1. The van der Waals surface area contributed by atoms with Gasteiger partial charge in [-0.3, -0.25) is 0 Å². The molecule has 40 heavy (non-hydrogen) atoms. The number of carbonyl (C=O) groups excluding carboxylic acids is 1. The zero-order valence-electron chi connectivity index (χ0n) is 25.2. The molecule has 0 aliphatic heterocycles. The summed E-state index contributed by atoms with van der Waals surface area (Å²) in [6.07, 6.45) is 7.52. The van der Waals surface area contributed by atoms with Crippen LogP contribution in [0.4, 0.5) is 0 Å². The van der Waals surface area contributed by atoms with Crippen LogP contribution in [0.1, 0.15) is 76.7 Å². The summed E-state index contributed by atoms with van der Waals surface area (Å²) < 4.78 is 15.7. The molecule has 1 atom stereocenters. The molecule has 0 saturated carbocycles. The van der Waals surface area contributed by atoms with Gasteiger partial charge >= 0.3 is 0 Å². The smallest absolute Gasteiger partial charge is 0.119 e. The SMILES string of the molecule is C=O.COCCC(OC)c1cc(Cl)cc(Cl)c1.C\C=C(C)/C(Cc1ccc(O)c(C(C)C)c1)=C(C)\C=C\OCC. The fourth-order valence-electron chi connectivity index (χ4n) is 3.90. The maximum Gasteiger partial charge on any atom is 0.119 e. The van der Waals surface area contributed by atoms with Crippen LogP contribution in [-0.4, -0.2) is 39.3 Å². The van der Waals surface area contributed by atoms with Crippen LogP contribution in [-0.2, 0) is 25.4 Å². The minimum atomic E-state index is -0.0267. The number of halogens is 2. The summed E-state index contributed by atoms with van der Waals surface area (Å²) in [6, 6.07) is 11.3. The molecule has 7 heteroatoms. The van der Waals surface area contributed by atoms with Crippen molar-refractivity contribution in [2.24, 2.45) is 0 Å². The lowest BCUT2D eigenvalue weighted by Crippen LogP contribution is -2.05. The van der Waals surface area contributed by atoms with Gasteiger partial charge in [-0.15, -0.1) is 0 Å². The minimum absolute atomic E-state index is 0.0267. The number of phenols is 1. The second-order valence-electron chi connectivity index (χ2n) is 9.32. The fraction of sp³-hybridized carbons (Fsp3) is 0.424. The lowest BCUT2D eigenvalue weighted by atomic mass is 9.92. The number of rotatable bonds is 12. The molecule has 222 valence electrons. The first kappa shape index (κ1) is 37.4. The highest BCUT2D eigenvalue weighted by atomic mass is 35.5. The van der Waals surface area contributed by atoms with Crippen LogP contribution in [0, 0.1) is 0 Å². The van der Waals surface area contributed by atoms with Gasteiger partial charge in [0, 0.05) is 37.3 Å². The van der Waals surface area contributed by atoms with Crippen LogP contribution in [0.3, 0.4) is 0 Å². The molecule has 0 heterocycles. The van der Waals surface area contributed by atoms with Gasteiger partial charge in [0.1, 0.15) is 12.5 Å². The van der Waals surface area contributed by atoms with E-state index in [1.54, 1.807) is 32.6 Å². The van der Waals surface area contributed by atoms with E-state index in [-0.39, 0.29) is 6.10 Å². The van der Waals surface area contributed by atoms with E-state index in [0.29, 0.717) is 34.9 Å². The Bertz CT molecular complexity index is 1090. The second kappa shape index (κ2) is 21.2. The first-order valence-corrected chi connectivity index (χ1v) is 14.0. The van der Waals surface area contributed by atoms with E-state index in [9.17, 15) is 5.11 Å². The van der Waals surface area contributed by atoms with Gasteiger partial charge in [0.25, 0.3) is 0 Å². The highest BCUT2D eigenvalue weighted by Gasteiger charge is 2.12. The Morgan fingerprint density at radius 3 is 2.17 bits per heavy atom. The summed E-state index contributed by atoms with van der Waals surface area (Å²) in [5.41, 5.74) is 6.96. The molecule has 0 bridgehead atoms. The van der Waals surface area contributed by atoms with E-state index in [2.05, 4.69) is 46.8 Å². The highest BCUT2D eigenvalue weighted by Crippen LogP contribution is 2.29. The zero-order chi connectivity index (χ0) is 30.7. The molecule has 0 aliphatic rings. The van der Waals surface area contributed by atoms with Crippen molar-refractivity contribution in [3.05, 3.63) is 98.3 Å². The zero-order valence-corrected chi connectivity index (χ0v) is 26.7. The molecule has 0 aliphatic carbocycles. The van der Waals surface area contributed by atoms with Crippen LogP contribution in [0.5, 0.6) is 5.75 Å². The van der Waals surface area contributed by atoms with Crippen molar-refractivity contribution in [2.75, 3.05) is 27.4 Å². The standard InChI is InChI=1S/C21H30O2.C11H14Cl2O2.CH2O/c1-7-16(5)20(17(6)11-12-23-8-2)14-18-9-10-21(22)19(13-18)15(3)4;1-14-4-3-11(15-2)8-5-9(12)7-10(13)6-8;1-2/h7,9-13,15,22H,8,14H2,1-6H3;5-7,11H,3-4H2,1-2H3;1H2/b12-11+,16-7-,20-17-;;.